The van der Waals surface area contributed by atoms with Gasteiger partial charge in [-0.15, -0.1) is 11.3 Å². The van der Waals surface area contributed by atoms with Crippen molar-refractivity contribution in [3.05, 3.63) is 33.1 Å². The normalized spacial score (nSPS) is 31.0. The number of nitro groups is 1. The minimum atomic E-state index is -0.658. The number of nitrogens with zero attached hydrogens (tertiary/aromatic N) is 4. The smallest absolute Gasteiger partial charge is 0.300 e. The second-order valence-electron chi connectivity index (χ2n) is 9.24. The number of carbonyl (C=O) groups is 1. The molecule has 2 aromatic rings. The topological polar surface area (TPSA) is 103 Å². The zero-order valence-electron chi connectivity index (χ0n) is 16.6. The molecule has 0 aromatic carbocycles. The van der Waals surface area contributed by atoms with E-state index in [0.717, 1.165) is 23.4 Å². The maximum Gasteiger partial charge on any atom is 0.309 e. The van der Waals surface area contributed by atoms with Crippen LogP contribution in [0, 0.1) is 34.8 Å². The van der Waals surface area contributed by atoms with Gasteiger partial charge in [0.25, 0.3) is 5.91 Å². The van der Waals surface area contributed by atoms with Gasteiger partial charge in [0.15, 0.2) is 5.13 Å². The number of aromatic nitrogens is 3. The number of nitrogens with one attached hydrogen (secondary N) is 1. The van der Waals surface area contributed by atoms with E-state index in [-0.39, 0.29) is 17.0 Å². The summed E-state index contributed by atoms with van der Waals surface area (Å²) in [6.07, 6.45) is 9.19. The Morgan fingerprint density at radius 1 is 1.31 bits per heavy atom. The van der Waals surface area contributed by atoms with Crippen LogP contribution in [0.4, 0.5) is 10.8 Å². The Morgan fingerprint density at radius 3 is 2.48 bits per heavy atom. The number of hydrogen-bond acceptors (Lipinski definition) is 6. The molecule has 4 aliphatic rings. The van der Waals surface area contributed by atoms with Gasteiger partial charge >= 0.3 is 5.69 Å². The highest BCUT2D eigenvalue weighted by Crippen LogP contribution is 2.60. The minimum absolute atomic E-state index is 0.0806. The van der Waals surface area contributed by atoms with Crippen LogP contribution in [-0.2, 0) is 10.2 Å². The third-order valence-electron chi connectivity index (χ3n) is 7.18. The van der Waals surface area contributed by atoms with E-state index in [4.69, 9.17) is 4.98 Å². The van der Waals surface area contributed by atoms with E-state index in [1.54, 1.807) is 13.8 Å². The summed E-state index contributed by atoms with van der Waals surface area (Å²) in [4.78, 5) is 28.0. The molecule has 0 aliphatic heterocycles. The third-order valence-corrected chi connectivity index (χ3v) is 7.94. The largest absolute Gasteiger partial charge is 0.309 e. The number of rotatable bonds is 5. The summed E-state index contributed by atoms with van der Waals surface area (Å²) in [5, 5.41) is 20.8. The van der Waals surface area contributed by atoms with E-state index < -0.39 is 11.0 Å². The van der Waals surface area contributed by atoms with Crippen LogP contribution in [-0.4, -0.2) is 25.6 Å². The molecule has 1 unspecified atom stereocenters. The molecule has 8 nitrogen and oxygen atoms in total. The van der Waals surface area contributed by atoms with Crippen LogP contribution >= 0.6 is 11.3 Å². The van der Waals surface area contributed by atoms with Gasteiger partial charge < -0.3 is 5.32 Å². The van der Waals surface area contributed by atoms with E-state index in [2.05, 4.69) is 15.8 Å². The van der Waals surface area contributed by atoms with Crippen molar-refractivity contribution in [1.29, 1.82) is 0 Å². The molecule has 0 saturated heterocycles. The maximum atomic E-state index is 12.7. The molecular weight excluding hydrogens is 390 g/mol. The maximum absolute atomic E-state index is 12.7. The van der Waals surface area contributed by atoms with Gasteiger partial charge in [0.1, 0.15) is 17.9 Å². The van der Waals surface area contributed by atoms with E-state index in [9.17, 15) is 14.9 Å². The molecular formula is C20H25N5O3S. The molecule has 6 rings (SSSR count). The second kappa shape index (κ2) is 6.62. The van der Waals surface area contributed by atoms with Gasteiger partial charge in [-0.1, -0.05) is 0 Å². The standard InChI is InChI=1S/C20H25N5O3S/c1-11-16(25(27)28)9-24(23-11)12(2)18(26)22-19-21-17(10-29-19)20-6-13-3-14(7-20)5-15(4-13)8-20/h9-10,12-15H,3-8H2,1-2H3,(H,21,22,26). The van der Waals surface area contributed by atoms with Gasteiger partial charge in [-0.05, 0) is 70.1 Å². The summed E-state index contributed by atoms with van der Waals surface area (Å²) in [5.74, 6) is 2.27. The molecule has 4 bridgehead atoms. The van der Waals surface area contributed by atoms with Gasteiger partial charge in [-0.3, -0.25) is 19.6 Å². The molecule has 1 N–H and O–H groups in total. The van der Waals surface area contributed by atoms with E-state index in [1.807, 2.05) is 0 Å². The zero-order chi connectivity index (χ0) is 20.3. The first-order valence-electron chi connectivity index (χ1n) is 10.3. The molecule has 0 spiro atoms. The molecule has 154 valence electrons. The van der Waals surface area contributed by atoms with Crippen molar-refractivity contribution < 1.29 is 9.72 Å². The fraction of sp³-hybridized carbons (Fsp3) is 0.650. The van der Waals surface area contributed by atoms with Crippen LogP contribution in [0.2, 0.25) is 0 Å². The highest BCUT2D eigenvalue weighted by atomic mass is 32.1. The fourth-order valence-corrected chi connectivity index (χ4v) is 7.02. The van der Waals surface area contributed by atoms with Gasteiger partial charge in [0.05, 0.1) is 10.6 Å². The van der Waals surface area contributed by atoms with Crippen molar-refractivity contribution >= 4 is 28.1 Å². The Hall–Kier alpha value is -2.29. The van der Waals surface area contributed by atoms with Crippen molar-refractivity contribution in [2.75, 3.05) is 5.32 Å². The minimum Gasteiger partial charge on any atom is -0.300 e. The summed E-state index contributed by atoms with van der Waals surface area (Å²) < 4.78 is 1.34. The predicted molar refractivity (Wildman–Crippen MR) is 109 cm³/mol. The SMILES string of the molecule is Cc1nn(C(C)C(=O)Nc2nc(C34CC5CC(CC(C5)C3)C4)cs2)cc1[N+](=O)[O-]. The highest BCUT2D eigenvalue weighted by molar-refractivity contribution is 7.14. The summed E-state index contributed by atoms with van der Waals surface area (Å²) in [6.45, 7) is 3.25. The average molecular weight is 416 g/mol. The molecule has 4 saturated carbocycles. The Morgan fingerprint density at radius 2 is 1.93 bits per heavy atom. The molecule has 2 aromatic heterocycles. The van der Waals surface area contributed by atoms with E-state index >= 15 is 0 Å². The predicted octanol–water partition coefficient (Wildman–Crippen LogP) is 4.22. The molecule has 1 atom stereocenters. The number of anilines is 1. The third kappa shape index (κ3) is 3.15. The van der Waals surface area contributed by atoms with Crippen LogP contribution in [0.5, 0.6) is 0 Å². The van der Waals surface area contributed by atoms with Crippen LogP contribution in [0.15, 0.2) is 11.6 Å². The van der Waals surface area contributed by atoms with Crippen molar-refractivity contribution in [3.63, 3.8) is 0 Å². The second-order valence-corrected chi connectivity index (χ2v) is 10.1. The zero-order valence-corrected chi connectivity index (χ0v) is 17.4. The Labute approximate surface area is 172 Å². The molecule has 4 aliphatic carbocycles. The summed E-state index contributed by atoms with van der Waals surface area (Å²) in [6, 6.07) is -0.658. The Bertz CT molecular complexity index is 945. The molecule has 1 amide bonds. The summed E-state index contributed by atoms with van der Waals surface area (Å²) >= 11 is 1.47. The Kier molecular flexibility index (Phi) is 4.27. The summed E-state index contributed by atoms with van der Waals surface area (Å²) in [5.41, 5.74) is 1.57. The monoisotopic (exact) mass is 415 g/mol. The molecule has 9 heteroatoms. The van der Waals surface area contributed by atoms with E-state index in [1.165, 1.54) is 60.7 Å². The van der Waals surface area contributed by atoms with Gasteiger partial charge in [-0.25, -0.2) is 4.98 Å². The number of hydrogen-bond donors (Lipinski definition) is 1. The number of carbonyl (C=O) groups excluding carboxylic acids is 1. The first kappa shape index (κ1) is 18.7. The highest BCUT2D eigenvalue weighted by Gasteiger charge is 2.52. The van der Waals surface area contributed by atoms with Crippen LogP contribution < -0.4 is 5.32 Å². The Balaban J connectivity index is 1.31. The van der Waals surface area contributed by atoms with Crippen LogP contribution in [0.25, 0.3) is 0 Å². The first-order valence-corrected chi connectivity index (χ1v) is 11.2. The first-order chi connectivity index (χ1) is 13.8. The lowest BCUT2D eigenvalue weighted by molar-refractivity contribution is -0.385. The van der Waals surface area contributed by atoms with Crippen LogP contribution in [0.1, 0.15) is 62.9 Å². The fourth-order valence-electron chi connectivity index (χ4n) is 6.18. The van der Waals surface area contributed by atoms with Gasteiger partial charge in [0.2, 0.25) is 0 Å². The average Bonchev–Trinajstić information content (AvgIpc) is 3.27. The molecule has 2 heterocycles. The van der Waals surface area contributed by atoms with Gasteiger partial charge in [0, 0.05) is 10.8 Å². The van der Waals surface area contributed by atoms with Crippen molar-refractivity contribution in [1.82, 2.24) is 14.8 Å². The number of amides is 1. The molecule has 4 fully saturated rings. The van der Waals surface area contributed by atoms with Crippen molar-refractivity contribution in [2.24, 2.45) is 17.8 Å². The molecule has 0 radical (unpaired) electrons. The summed E-state index contributed by atoms with van der Waals surface area (Å²) in [7, 11) is 0. The molecule has 29 heavy (non-hydrogen) atoms. The number of thiazole rings is 1. The van der Waals surface area contributed by atoms with Crippen molar-refractivity contribution in [2.45, 2.75) is 63.8 Å². The van der Waals surface area contributed by atoms with Crippen LogP contribution in [0.3, 0.4) is 0 Å². The quantitative estimate of drug-likeness (QED) is 0.582. The number of aryl methyl sites for hydroxylation is 1. The lowest BCUT2D eigenvalue weighted by atomic mass is 9.49. The lowest BCUT2D eigenvalue weighted by Gasteiger charge is -2.56. The lowest BCUT2D eigenvalue weighted by Crippen LogP contribution is -2.48. The van der Waals surface area contributed by atoms with E-state index in [0.29, 0.717) is 10.8 Å². The van der Waals surface area contributed by atoms with Crippen molar-refractivity contribution in [3.8, 4) is 0 Å². The van der Waals surface area contributed by atoms with Gasteiger partial charge in [-0.2, -0.15) is 5.10 Å².